The fourth-order valence-electron chi connectivity index (χ4n) is 1.82. The third-order valence-electron chi connectivity index (χ3n) is 3.11. The number of benzene rings is 2. The van der Waals surface area contributed by atoms with Gasteiger partial charge in [-0.2, -0.15) is 0 Å². The Bertz CT molecular complexity index is 542. The minimum atomic E-state index is 0.724. The Labute approximate surface area is 162 Å². The number of hydrogen-bond acceptors (Lipinski definition) is 3. The van der Waals surface area contributed by atoms with E-state index in [4.69, 9.17) is 10.5 Å². The smallest absolute Gasteiger partial charge is 0.106 e. The van der Waals surface area contributed by atoms with E-state index in [0.717, 1.165) is 34.9 Å². The van der Waals surface area contributed by atoms with E-state index in [1.54, 1.807) is 0 Å². The van der Waals surface area contributed by atoms with Crippen LogP contribution in [0.4, 0.5) is 0 Å². The van der Waals surface area contributed by atoms with Crippen molar-refractivity contribution in [1.29, 1.82) is 0 Å². The Hall–Kier alpha value is -1.01. The predicted octanol–water partition coefficient (Wildman–Crippen LogP) is 4.32. The highest BCUT2D eigenvalue weighted by Crippen LogP contribution is 2.11. The normalized spacial score (nSPS) is 9.58. The second-order valence-corrected chi connectivity index (χ2v) is 7.18. The SMILES string of the molecule is C=O.CN(C)CCc1ccc(Br)cc1.NCCc1ccc(Br)cc1. The fourth-order valence-corrected chi connectivity index (χ4v) is 2.35. The Balaban J connectivity index is 0.000000405. The molecule has 0 aliphatic rings. The van der Waals surface area contributed by atoms with Crippen molar-refractivity contribution < 1.29 is 4.79 Å². The van der Waals surface area contributed by atoms with Crippen molar-refractivity contribution in [2.75, 3.05) is 27.2 Å². The Morgan fingerprint density at radius 3 is 1.54 bits per heavy atom. The number of hydrogen-bond donors (Lipinski definition) is 1. The summed E-state index contributed by atoms with van der Waals surface area (Å²) >= 11 is 6.78. The van der Waals surface area contributed by atoms with Gasteiger partial charge in [0.25, 0.3) is 0 Å². The average molecular weight is 458 g/mol. The second-order valence-electron chi connectivity index (χ2n) is 5.34. The largest absolute Gasteiger partial charge is 0.330 e. The van der Waals surface area contributed by atoms with Crippen LogP contribution in [0.2, 0.25) is 0 Å². The van der Waals surface area contributed by atoms with Crippen LogP contribution in [0.25, 0.3) is 0 Å². The minimum Gasteiger partial charge on any atom is -0.330 e. The topological polar surface area (TPSA) is 46.3 Å². The molecule has 132 valence electrons. The first-order valence-corrected chi connectivity index (χ1v) is 9.22. The van der Waals surface area contributed by atoms with Crippen molar-refractivity contribution in [3.05, 3.63) is 68.6 Å². The van der Waals surface area contributed by atoms with Gasteiger partial charge in [0.15, 0.2) is 0 Å². The number of nitrogens with zero attached hydrogens (tertiary/aromatic N) is 1. The Morgan fingerprint density at radius 2 is 1.21 bits per heavy atom. The molecule has 0 spiro atoms. The summed E-state index contributed by atoms with van der Waals surface area (Å²) in [7, 11) is 4.19. The molecule has 0 aliphatic heterocycles. The summed E-state index contributed by atoms with van der Waals surface area (Å²) in [5.74, 6) is 0. The van der Waals surface area contributed by atoms with Gasteiger partial charge in [0, 0.05) is 15.5 Å². The van der Waals surface area contributed by atoms with Crippen LogP contribution in [0.1, 0.15) is 11.1 Å². The fraction of sp³-hybridized carbons (Fsp3) is 0.316. The van der Waals surface area contributed by atoms with Crippen LogP contribution in [0.5, 0.6) is 0 Å². The summed E-state index contributed by atoms with van der Waals surface area (Å²) in [4.78, 5) is 10.2. The number of rotatable bonds is 5. The molecule has 0 unspecified atom stereocenters. The lowest BCUT2D eigenvalue weighted by Crippen LogP contribution is -2.14. The van der Waals surface area contributed by atoms with E-state index in [1.807, 2.05) is 18.9 Å². The molecular formula is C19H26Br2N2O. The van der Waals surface area contributed by atoms with Gasteiger partial charge in [0.1, 0.15) is 6.79 Å². The van der Waals surface area contributed by atoms with Crippen molar-refractivity contribution in [2.24, 2.45) is 5.73 Å². The van der Waals surface area contributed by atoms with Crippen LogP contribution in [0.3, 0.4) is 0 Å². The summed E-state index contributed by atoms with van der Waals surface area (Å²) in [6.45, 7) is 3.84. The summed E-state index contributed by atoms with van der Waals surface area (Å²) in [5, 5.41) is 0. The molecule has 0 atom stereocenters. The van der Waals surface area contributed by atoms with Crippen LogP contribution in [-0.4, -0.2) is 38.9 Å². The molecule has 0 saturated carbocycles. The molecule has 2 aromatic rings. The van der Waals surface area contributed by atoms with E-state index in [9.17, 15) is 0 Å². The van der Waals surface area contributed by atoms with Gasteiger partial charge >= 0.3 is 0 Å². The van der Waals surface area contributed by atoms with Gasteiger partial charge in [-0.05, 0) is 68.9 Å². The standard InChI is InChI=1S/C10H14BrN.C8H10BrN.CH2O/c1-12(2)8-7-9-3-5-10(11)6-4-9;9-8-3-1-7(2-4-8)5-6-10;1-2/h3-6H,7-8H2,1-2H3;1-4H,5-6,10H2;1H2. The molecule has 3 nitrogen and oxygen atoms in total. The molecule has 24 heavy (non-hydrogen) atoms. The quantitative estimate of drug-likeness (QED) is 0.727. The van der Waals surface area contributed by atoms with E-state index in [2.05, 4.69) is 87.3 Å². The number of carbonyl (C=O) groups is 1. The highest BCUT2D eigenvalue weighted by molar-refractivity contribution is 9.10. The van der Waals surface area contributed by atoms with E-state index in [0.29, 0.717) is 0 Å². The molecule has 0 aromatic heterocycles. The van der Waals surface area contributed by atoms with Gasteiger partial charge in [-0.15, -0.1) is 0 Å². The lowest BCUT2D eigenvalue weighted by molar-refractivity contribution is -0.0979. The number of nitrogens with two attached hydrogens (primary N) is 1. The predicted molar refractivity (Wildman–Crippen MR) is 110 cm³/mol. The monoisotopic (exact) mass is 456 g/mol. The lowest BCUT2D eigenvalue weighted by Gasteiger charge is -2.08. The van der Waals surface area contributed by atoms with Crippen LogP contribution in [-0.2, 0) is 17.6 Å². The first-order chi connectivity index (χ1) is 11.5. The zero-order valence-electron chi connectivity index (χ0n) is 14.3. The van der Waals surface area contributed by atoms with Crippen molar-refractivity contribution in [3.63, 3.8) is 0 Å². The van der Waals surface area contributed by atoms with Crippen molar-refractivity contribution >= 4 is 38.6 Å². The molecule has 0 radical (unpaired) electrons. The zero-order valence-corrected chi connectivity index (χ0v) is 17.5. The van der Waals surface area contributed by atoms with E-state index >= 15 is 0 Å². The molecule has 2 N–H and O–H groups in total. The maximum absolute atomic E-state index is 8.00. The molecular weight excluding hydrogens is 432 g/mol. The first-order valence-electron chi connectivity index (χ1n) is 7.64. The van der Waals surface area contributed by atoms with Crippen molar-refractivity contribution in [2.45, 2.75) is 12.8 Å². The lowest BCUT2D eigenvalue weighted by atomic mass is 10.1. The molecule has 0 fully saturated rings. The number of halogens is 2. The van der Waals surface area contributed by atoms with Crippen LogP contribution < -0.4 is 5.73 Å². The molecule has 0 aliphatic carbocycles. The summed E-state index contributed by atoms with van der Waals surface area (Å²) in [5.41, 5.74) is 8.08. The van der Waals surface area contributed by atoms with Gasteiger partial charge in [0.2, 0.25) is 0 Å². The summed E-state index contributed by atoms with van der Waals surface area (Å²) in [6, 6.07) is 16.7. The first kappa shape index (κ1) is 23.0. The second kappa shape index (κ2) is 14.3. The molecule has 2 aromatic carbocycles. The Morgan fingerprint density at radius 1 is 0.833 bits per heavy atom. The van der Waals surface area contributed by atoms with Crippen LogP contribution in [0, 0.1) is 0 Å². The van der Waals surface area contributed by atoms with Gasteiger partial charge in [-0.3, -0.25) is 0 Å². The number of likely N-dealkylation sites (N-methyl/N-ethyl adjacent to an activating group) is 1. The van der Waals surface area contributed by atoms with E-state index in [1.165, 1.54) is 11.1 Å². The average Bonchev–Trinajstić information content (AvgIpc) is 2.59. The van der Waals surface area contributed by atoms with Crippen molar-refractivity contribution in [1.82, 2.24) is 4.90 Å². The van der Waals surface area contributed by atoms with Crippen LogP contribution in [0.15, 0.2) is 57.5 Å². The molecule has 0 heterocycles. The maximum Gasteiger partial charge on any atom is 0.106 e. The van der Waals surface area contributed by atoms with Gasteiger partial charge < -0.3 is 15.4 Å². The van der Waals surface area contributed by atoms with Gasteiger partial charge in [-0.1, -0.05) is 56.1 Å². The highest BCUT2D eigenvalue weighted by atomic mass is 79.9. The maximum atomic E-state index is 8.00. The van der Waals surface area contributed by atoms with Crippen molar-refractivity contribution in [3.8, 4) is 0 Å². The zero-order chi connectivity index (χ0) is 18.4. The summed E-state index contributed by atoms with van der Waals surface area (Å²) in [6.07, 6.45) is 2.09. The van der Waals surface area contributed by atoms with E-state index < -0.39 is 0 Å². The third kappa shape index (κ3) is 11.5. The number of carbonyl (C=O) groups excluding carboxylic acids is 1. The molecule has 0 saturated heterocycles. The molecule has 5 heteroatoms. The van der Waals surface area contributed by atoms with Crippen LogP contribution >= 0.6 is 31.9 Å². The molecule has 0 bridgehead atoms. The summed E-state index contributed by atoms with van der Waals surface area (Å²) < 4.78 is 2.27. The minimum absolute atomic E-state index is 0.724. The van der Waals surface area contributed by atoms with Gasteiger partial charge in [-0.25, -0.2) is 0 Å². The highest BCUT2D eigenvalue weighted by Gasteiger charge is 1.94. The Kier molecular flexibility index (Phi) is 13.7. The molecule has 2 rings (SSSR count). The molecule has 0 amide bonds. The van der Waals surface area contributed by atoms with Gasteiger partial charge in [0.05, 0.1) is 0 Å². The third-order valence-corrected chi connectivity index (χ3v) is 4.16. The van der Waals surface area contributed by atoms with E-state index in [-0.39, 0.29) is 0 Å².